The maximum absolute atomic E-state index is 13.3. The average Bonchev–Trinajstić information content (AvgIpc) is 3.56. The van der Waals surface area contributed by atoms with Crippen LogP contribution in [0.25, 0.3) is 21.5 Å². The first-order valence-corrected chi connectivity index (χ1v) is 13.4. The van der Waals surface area contributed by atoms with Gasteiger partial charge >= 0.3 is 12.2 Å². The van der Waals surface area contributed by atoms with Gasteiger partial charge in [0.15, 0.2) is 5.69 Å². The molecule has 208 valence electrons. The summed E-state index contributed by atoms with van der Waals surface area (Å²) in [6, 6.07) is 6.18. The molecule has 1 aromatic carbocycles. The maximum atomic E-state index is 13.3. The van der Waals surface area contributed by atoms with Crippen LogP contribution in [-0.4, -0.2) is 33.0 Å². The molecule has 1 fully saturated rings. The van der Waals surface area contributed by atoms with Gasteiger partial charge in [-0.3, -0.25) is 14.9 Å². The molecule has 4 N–H and O–H groups in total. The Morgan fingerprint density at radius 3 is 2.65 bits per heavy atom. The quantitative estimate of drug-likeness (QED) is 0.281. The number of hydrogen-bond donors (Lipinski definition) is 3. The van der Waals surface area contributed by atoms with Crippen molar-refractivity contribution in [3.63, 3.8) is 0 Å². The van der Waals surface area contributed by atoms with E-state index in [2.05, 4.69) is 20.6 Å². The minimum absolute atomic E-state index is 0.0770. The van der Waals surface area contributed by atoms with Crippen molar-refractivity contribution in [2.24, 2.45) is 11.7 Å². The number of carbonyl (C=O) groups excluding carboxylic acids is 2. The third kappa shape index (κ3) is 5.83. The summed E-state index contributed by atoms with van der Waals surface area (Å²) < 4.78 is 41.8. The van der Waals surface area contributed by atoms with Crippen molar-refractivity contribution in [3.05, 3.63) is 74.6 Å². The van der Waals surface area contributed by atoms with Crippen LogP contribution in [0.15, 0.2) is 46.8 Å². The molecule has 1 aliphatic carbocycles. The maximum Gasteiger partial charge on any atom is 0.434 e. The summed E-state index contributed by atoms with van der Waals surface area (Å²) in [5, 5.41) is 6.58. The van der Waals surface area contributed by atoms with E-state index in [0.29, 0.717) is 41.0 Å². The fourth-order valence-corrected chi connectivity index (χ4v) is 5.29. The number of amides is 3. The van der Waals surface area contributed by atoms with E-state index in [1.165, 1.54) is 18.5 Å². The van der Waals surface area contributed by atoms with Crippen LogP contribution in [0.5, 0.6) is 0 Å². The van der Waals surface area contributed by atoms with Gasteiger partial charge in [0, 0.05) is 41.8 Å². The van der Waals surface area contributed by atoms with Crippen molar-refractivity contribution < 1.29 is 22.8 Å². The van der Waals surface area contributed by atoms with Gasteiger partial charge < -0.3 is 15.6 Å². The summed E-state index contributed by atoms with van der Waals surface area (Å²) in [5.74, 6) is -0.188. The number of pyridine rings is 2. The van der Waals surface area contributed by atoms with E-state index in [1.54, 1.807) is 19.1 Å². The van der Waals surface area contributed by atoms with E-state index >= 15 is 0 Å². The number of rotatable bonds is 8. The Kier molecular flexibility index (Phi) is 7.32. The first-order valence-electron chi connectivity index (χ1n) is 12.6. The zero-order valence-electron chi connectivity index (χ0n) is 21.3. The number of hydrogen-bond acceptors (Lipinski definition) is 6. The van der Waals surface area contributed by atoms with Gasteiger partial charge in [0.2, 0.25) is 5.43 Å². The minimum Gasteiger partial charge on any atom is -0.365 e. The topological polar surface area (TPSA) is 132 Å². The van der Waals surface area contributed by atoms with Crippen LogP contribution in [0.2, 0.25) is 0 Å². The Labute approximate surface area is 230 Å². The highest BCUT2D eigenvalue weighted by Crippen LogP contribution is 2.36. The highest BCUT2D eigenvalue weighted by atomic mass is 32.1. The second-order valence-corrected chi connectivity index (χ2v) is 10.5. The molecule has 5 rings (SSSR count). The number of halogens is 3. The smallest absolute Gasteiger partial charge is 0.365 e. The number of aromatic nitrogens is 3. The Morgan fingerprint density at radius 1 is 1.23 bits per heavy atom. The Balaban J connectivity index is 1.56. The third-order valence-electron chi connectivity index (χ3n) is 6.55. The molecule has 3 aromatic heterocycles. The van der Waals surface area contributed by atoms with Gasteiger partial charge in [-0.1, -0.05) is 6.07 Å². The average molecular weight is 571 g/mol. The Hall–Kier alpha value is -4.26. The molecule has 9 nitrogen and oxygen atoms in total. The lowest BCUT2D eigenvalue weighted by Crippen LogP contribution is -2.28. The summed E-state index contributed by atoms with van der Waals surface area (Å²) in [4.78, 5) is 44.9. The standard InChI is InChI=1S/C27H25F3N6O3S/c1-2-32-26(39)35-22-9-18(25-34-21(13-40-25)27(28,29)30)16(10-33-22)7-15-5-6-17-20(8-15)36(11-14-3-4-14)12-19(23(17)37)24(31)38/h5-6,8-10,12-14H,2-4,7,11H2,1H3,(H2,31,38)(H2,32,33,35,39). The lowest BCUT2D eigenvalue weighted by molar-refractivity contribution is -0.140. The van der Waals surface area contributed by atoms with E-state index < -0.39 is 29.2 Å². The molecular formula is C27H25F3N6O3S. The minimum atomic E-state index is -4.60. The summed E-state index contributed by atoms with van der Waals surface area (Å²) in [6.45, 7) is 2.76. The van der Waals surface area contributed by atoms with Gasteiger partial charge in [-0.2, -0.15) is 13.2 Å². The third-order valence-corrected chi connectivity index (χ3v) is 7.42. The summed E-state index contributed by atoms with van der Waals surface area (Å²) in [5.41, 5.74) is 6.28. The summed E-state index contributed by atoms with van der Waals surface area (Å²) in [7, 11) is 0. The lowest BCUT2D eigenvalue weighted by Gasteiger charge is -2.15. The molecule has 1 saturated carbocycles. The number of thiazole rings is 1. The van der Waals surface area contributed by atoms with Gasteiger partial charge in [-0.15, -0.1) is 11.3 Å². The van der Waals surface area contributed by atoms with Crippen LogP contribution in [0.1, 0.15) is 46.9 Å². The molecule has 1 aliphatic rings. The van der Waals surface area contributed by atoms with Crippen molar-refractivity contribution in [3.8, 4) is 10.6 Å². The number of nitrogens with zero attached hydrogens (tertiary/aromatic N) is 3. The SMILES string of the molecule is CCNC(=O)Nc1cc(-c2nc(C(F)(F)F)cs2)c(Cc2ccc3c(=O)c(C(N)=O)cn(CC4CC4)c3c2)cn1. The van der Waals surface area contributed by atoms with Crippen LogP contribution >= 0.6 is 11.3 Å². The molecule has 3 amide bonds. The predicted molar refractivity (Wildman–Crippen MR) is 145 cm³/mol. The van der Waals surface area contributed by atoms with E-state index in [1.807, 2.05) is 10.6 Å². The number of nitrogens with two attached hydrogens (primary N) is 1. The van der Waals surface area contributed by atoms with Crippen molar-refractivity contribution in [2.45, 2.75) is 38.9 Å². The lowest BCUT2D eigenvalue weighted by atomic mass is 9.99. The second kappa shape index (κ2) is 10.7. The fraction of sp³-hybridized carbons (Fsp3) is 0.296. The van der Waals surface area contributed by atoms with Crippen molar-refractivity contribution >= 4 is 40.0 Å². The fourth-order valence-electron chi connectivity index (χ4n) is 4.41. The number of primary amides is 1. The van der Waals surface area contributed by atoms with Crippen LogP contribution in [-0.2, 0) is 19.1 Å². The van der Waals surface area contributed by atoms with Gasteiger partial charge in [-0.25, -0.2) is 14.8 Å². The first-order chi connectivity index (χ1) is 19.0. The first kappa shape index (κ1) is 27.3. The number of carbonyl (C=O) groups is 2. The van der Waals surface area contributed by atoms with E-state index in [4.69, 9.17) is 5.73 Å². The van der Waals surface area contributed by atoms with E-state index in [0.717, 1.165) is 35.1 Å². The molecule has 0 radical (unpaired) electrons. The zero-order chi connectivity index (χ0) is 28.6. The molecule has 0 aliphatic heterocycles. The van der Waals surface area contributed by atoms with Gasteiger partial charge in [0.25, 0.3) is 5.91 Å². The van der Waals surface area contributed by atoms with Crippen molar-refractivity contribution in [1.82, 2.24) is 19.9 Å². The zero-order valence-corrected chi connectivity index (χ0v) is 22.2. The van der Waals surface area contributed by atoms with Gasteiger partial charge in [-0.05, 0) is 61.4 Å². The molecule has 0 bridgehead atoms. The number of alkyl halides is 3. The van der Waals surface area contributed by atoms with Crippen molar-refractivity contribution in [2.75, 3.05) is 11.9 Å². The number of fused-ring (bicyclic) bond motifs is 1. The summed E-state index contributed by atoms with van der Waals surface area (Å²) >= 11 is 0.841. The number of anilines is 1. The molecule has 0 unspecified atom stereocenters. The van der Waals surface area contributed by atoms with Crippen LogP contribution < -0.4 is 21.8 Å². The number of benzene rings is 1. The predicted octanol–water partition coefficient (Wildman–Crippen LogP) is 4.78. The molecule has 0 spiro atoms. The largest absolute Gasteiger partial charge is 0.434 e. The molecular weight excluding hydrogens is 545 g/mol. The molecule has 0 saturated heterocycles. The van der Waals surface area contributed by atoms with Crippen LogP contribution in [0.3, 0.4) is 0 Å². The van der Waals surface area contributed by atoms with E-state index in [9.17, 15) is 27.6 Å². The van der Waals surface area contributed by atoms with Crippen molar-refractivity contribution in [1.29, 1.82) is 0 Å². The molecule has 13 heteroatoms. The normalized spacial score (nSPS) is 13.4. The van der Waals surface area contributed by atoms with Crippen LogP contribution in [0, 0.1) is 5.92 Å². The molecule has 40 heavy (non-hydrogen) atoms. The monoisotopic (exact) mass is 570 g/mol. The number of urea groups is 1. The highest BCUT2D eigenvalue weighted by Gasteiger charge is 2.34. The van der Waals surface area contributed by atoms with Gasteiger partial charge in [0.1, 0.15) is 16.4 Å². The second-order valence-electron chi connectivity index (χ2n) is 9.61. The Bertz CT molecular complexity index is 1680. The highest BCUT2D eigenvalue weighted by molar-refractivity contribution is 7.13. The van der Waals surface area contributed by atoms with Crippen LogP contribution in [0.4, 0.5) is 23.8 Å². The van der Waals surface area contributed by atoms with E-state index in [-0.39, 0.29) is 22.8 Å². The summed E-state index contributed by atoms with van der Waals surface area (Å²) in [6.07, 6.45) is 0.756. The molecule has 0 atom stereocenters. The Morgan fingerprint density at radius 2 is 2.00 bits per heavy atom. The number of nitrogens with one attached hydrogen (secondary N) is 2. The molecule has 3 heterocycles. The van der Waals surface area contributed by atoms with Gasteiger partial charge in [0.05, 0.1) is 5.52 Å². The molecule has 4 aromatic rings.